The molecule has 1 aromatic rings. The average Bonchev–Trinajstić information content (AvgIpc) is 2.39. The molecule has 2 rings (SSSR count). The molecule has 98 valence electrons. The predicted molar refractivity (Wildman–Crippen MR) is 73.0 cm³/mol. The van der Waals surface area contributed by atoms with Gasteiger partial charge in [0, 0.05) is 24.3 Å². The molecular formula is C14H14N2O3. The van der Waals surface area contributed by atoms with Gasteiger partial charge in [0.15, 0.2) is 0 Å². The van der Waals surface area contributed by atoms with Crippen molar-refractivity contribution in [1.29, 1.82) is 0 Å². The zero-order valence-corrected chi connectivity index (χ0v) is 10.4. The predicted octanol–water partition coefficient (Wildman–Crippen LogP) is 2.40. The monoisotopic (exact) mass is 258 g/mol. The molecule has 0 saturated heterocycles. The Morgan fingerprint density at radius 2 is 2.05 bits per heavy atom. The number of aliphatic hydroxyl groups is 1. The molecular weight excluding hydrogens is 244 g/mol. The molecule has 2 unspecified atom stereocenters. The summed E-state index contributed by atoms with van der Waals surface area (Å²) >= 11 is 0. The van der Waals surface area contributed by atoms with Crippen LogP contribution in [0.3, 0.4) is 0 Å². The Hall–Kier alpha value is -2.27. The molecule has 5 heteroatoms. The van der Waals surface area contributed by atoms with Gasteiger partial charge in [-0.1, -0.05) is 17.7 Å². The maximum Gasteiger partial charge on any atom is 0.266 e. The summed E-state index contributed by atoms with van der Waals surface area (Å²) in [6.45, 7) is 1.98. The van der Waals surface area contributed by atoms with Crippen molar-refractivity contribution in [2.75, 3.05) is 0 Å². The number of nitrogens with zero attached hydrogens (tertiary/aromatic N) is 2. The van der Waals surface area contributed by atoms with E-state index in [1.165, 1.54) is 24.4 Å². The lowest BCUT2D eigenvalue weighted by Crippen LogP contribution is -2.21. The molecule has 2 atom stereocenters. The van der Waals surface area contributed by atoms with Gasteiger partial charge in [-0.3, -0.25) is 15.1 Å². The second-order valence-electron chi connectivity index (χ2n) is 4.39. The van der Waals surface area contributed by atoms with Crippen molar-refractivity contribution >= 4 is 11.9 Å². The van der Waals surface area contributed by atoms with Crippen LogP contribution in [0, 0.1) is 23.0 Å². The maximum atomic E-state index is 10.7. The Morgan fingerprint density at radius 1 is 1.37 bits per heavy atom. The SMILES string of the molecule is Cc1ccc(N=CC2C=C([N+](=O)[O-])C=CC2O)cc1. The van der Waals surface area contributed by atoms with E-state index in [-0.39, 0.29) is 5.70 Å². The lowest BCUT2D eigenvalue weighted by atomic mass is 9.97. The van der Waals surface area contributed by atoms with Gasteiger partial charge in [-0.05, 0) is 25.1 Å². The van der Waals surface area contributed by atoms with Gasteiger partial charge in [0.05, 0.1) is 16.7 Å². The summed E-state index contributed by atoms with van der Waals surface area (Å²) in [5.41, 5.74) is 1.86. The van der Waals surface area contributed by atoms with E-state index in [0.717, 1.165) is 11.3 Å². The van der Waals surface area contributed by atoms with Crippen molar-refractivity contribution < 1.29 is 10.0 Å². The van der Waals surface area contributed by atoms with Crippen LogP contribution in [0.25, 0.3) is 0 Å². The minimum Gasteiger partial charge on any atom is -0.388 e. The van der Waals surface area contributed by atoms with E-state index < -0.39 is 16.9 Å². The fourth-order valence-corrected chi connectivity index (χ4v) is 1.73. The first kappa shape index (κ1) is 13.2. The maximum absolute atomic E-state index is 10.7. The first-order valence-electron chi connectivity index (χ1n) is 5.89. The third kappa shape index (κ3) is 3.35. The highest BCUT2D eigenvalue weighted by atomic mass is 16.6. The third-order valence-corrected chi connectivity index (χ3v) is 2.86. The molecule has 0 aliphatic heterocycles. The summed E-state index contributed by atoms with van der Waals surface area (Å²) in [5, 5.41) is 20.4. The summed E-state index contributed by atoms with van der Waals surface area (Å²) in [4.78, 5) is 14.4. The highest BCUT2D eigenvalue weighted by Crippen LogP contribution is 2.18. The van der Waals surface area contributed by atoms with Gasteiger partial charge in [0.25, 0.3) is 5.70 Å². The van der Waals surface area contributed by atoms with Crippen molar-refractivity contribution in [3.8, 4) is 0 Å². The standard InChI is InChI=1S/C14H14N2O3/c1-10-2-4-12(5-3-10)15-9-11-8-13(16(18)19)6-7-14(11)17/h2-9,11,14,17H,1H3. The number of rotatable bonds is 3. The number of aryl methyl sites for hydroxylation is 1. The fraction of sp³-hybridized carbons (Fsp3) is 0.214. The number of allylic oxidation sites excluding steroid dienone is 1. The molecule has 19 heavy (non-hydrogen) atoms. The van der Waals surface area contributed by atoms with E-state index in [2.05, 4.69) is 4.99 Å². The second kappa shape index (κ2) is 5.58. The van der Waals surface area contributed by atoms with Gasteiger partial charge in [-0.15, -0.1) is 0 Å². The molecule has 1 aliphatic carbocycles. The van der Waals surface area contributed by atoms with E-state index in [0.29, 0.717) is 0 Å². The van der Waals surface area contributed by atoms with Gasteiger partial charge in [0.2, 0.25) is 0 Å². The van der Waals surface area contributed by atoms with Gasteiger partial charge < -0.3 is 5.11 Å². The molecule has 0 amide bonds. The van der Waals surface area contributed by atoms with Crippen molar-refractivity contribution in [3.63, 3.8) is 0 Å². The molecule has 0 fully saturated rings. The van der Waals surface area contributed by atoms with Crippen LogP contribution < -0.4 is 0 Å². The molecule has 1 aliphatic rings. The zero-order chi connectivity index (χ0) is 13.8. The molecule has 5 nitrogen and oxygen atoms in total. The minimum absolute atomic E-state index is 0.0225. The van der Waals surface area contributed by atoms with Gasteiger partial charge in [-0.25, -0.2) is 0 Å². The van der Waals surface area contributed by atoms with Crippen molar-refractivity contribution in [3.05, 3.63) is 63.9 Å². The lowest BCUT2D eigenvalue weighted by molar-refractivity contribution is -0.419. The smallest absolute Gasteiger partial charge is 0.266 e. The Morgan fingerprint density at radius 3 is 2.68 bits per heavy atom. The molecule has 0 bridgehead atoms. The number of aliphatic imine (C=N–C) groups is 1. The van der Waals surface area contributed by atoms with E-state index in [9.17, 15) is 15.2 Å². The molecule has 0 heterocycles. The zero-order valence-electron chi connectivity index (χ0n) is 10.4. The third-order valence-electron chi connectivity index (χ3n) is 2.86. The summed E-state index contributed by atoms with van der Waals surface area (Å²) in [6.07, 6.45) is 4.87. The van der Waals surface area contributed by atoms with Crippen LogP contribution in [-0.2, 0) is 0 Å². The van der Waals surface area contributed by atoms with E-state index >= 15 is 0 Å². The summed E-state index contributed by atoms with van der Waals surface area (Å²) < 4.78 is 0. The summed E-state index contributed by atoms with van der Waals surface area (Å²) in [7, 11) is 0. The molecule has 0 spiro atoms. The summed E-state index contributed by atoms with van der Waals surface area (Å²) in [6, 6.07) is 7.58. The molecule has 0 saturated carbocycles. The van der Waals surface area contributed by atoms with Crippen LogP contribution in [0.4, 0.5) is 5.69 Å². The molecule has 1 N–H and O–H groups in total. The van der Waals surface area contributed by atoms with E-state index in [4.69, 9.17) is 0 Å². The first-order valence-corrected chi connectivity index (χ1v) is 5.89. The number of benzene rings is 1. The van der Waals surface area contributed by atoms with E-state index in [1.807, 2.05) is 31.2 Å². The van der Waals surface area contributed by atoms with Crippen LogP contribution in [0.2, 0.25) is 0 Å². The number of aliphatic hydroxyl groups excluding tert-OH is 1. The molecule has 1 aromatic carbocycles. The minimum atomic E-state index is -0.780. The Balaban J connectivity index is 2.15. The largest absolute Gasteiger partial charge is 0.388 e. The van der Waals surface area contributed by atoms with Crippen LogP contribution in [0.15, 0.2) is 53.2 Å². The quantitative estimate of drug-likeness (QED) is 0.514. The lowest BCUT2D eigenvalue weighted by Gasteiger charge is -2.14. The summed E-state index contributed by atoms with van der Waals surface area (Å²) in [5.74, 6) is -0.480. The fourth-order valence-electron chi connectivity index (χ4n) is 1.73. The van der Waals surface area contributed by atoms with Gasteiger partial charge in [-0.2, -0.15) is 0 Å². The second-order valence-corrected chi connectivity index (χ2v) is 4.39. The van der Waals surface area contributed by atoms with Crippen molar-refractivity contribution in [1.82, 2.24) is 0 Å². The average molecular weight is 258 g/mol. The Bertz CT molecular complexity index is 559. The Labute approximate surface area is 110 Å². The number of hydrogen-bond donors (Lipinski definition) is 1. The topological polar surface area (TPSA) is 75.7 Å². The van der Waals surface area contributed by atoms with Crippen molar-refractivity contribution in [2.45, 2.75) is 13.0 Å². The normalized spacial score (nSPS) is 22.5. The van der Waals surface area contributed by atoms with Crippen LogP contribution in [0.1, 0.15) is 5.56 Å². The van der Waals surface area contributed by atoms with Crippen LogP contribution in [0.5, 0.6) is 0 Å². The van der Waals surface area contributed by atoms with Crippen LogP contribution >= 0.6 is 0 Å². The Kier molecular flexibility index (Phi) is 3.87. The number of hydrogen-bond acceptors (Lipinski definition) is 4. The van der Waals surface area contributed by atoms with E-state index in [1.54, 1.807) is 0 Å². The molecule has 0 aromatic heterocycles. The van der Waals surface area contributed by atoms with Crippen LogP contribution in [-0.4, -0.2) is 22.3 Å². The molecule has 0 radical (unpaired) electrons. The van der Waals surface area contributed by atoms with Gasteiger partial charge >= 0.3 is 0 Å². The number of nitro groups is 1. The first-order chi connectivity index (χ1) is 9.06. The highest BCUT2D eigenvalue weighted by molar-refractivity contribution is 5.69. The van der Waals surface area contributed by atoms with Gasteiger partial charge in [0.1, 0.15) is 0 Å². The van der Waals surface area contributed by atoms with Crippen molar-refractivity contribution in [2.24, 2.45) is 10.9 Å². The highest BCUT2D eigenvalue weighted by Gasteiger charge is 2.21.